The number of ether oxygens (including phenoxy) is 1. The van der Waals surface area contributed by atoms with Gasteiger partial charge in [0.25, 0.3) is 5.91 Å². The van der Waals surface area contributed by atoms with Crippen LogP contribution in [0.1, 0.15) is 28.8 Å². The number of amides is 2. The minimum Gasteiger partial charge on any atom is -0.505 e. The highest BCUT2D eigenvalue weighted by Crippen LogP contribution is 2.34. The summed E-state index contributed by atoms with van der Waals surface area (Å²) in [6.45, 7) is 0.0985. The number of para-hydroxylation sites is 1. The summed E-state index contributed by atoms with van der Waals surface area (Å²) in [5, 5.41) is 12.0. The maximum absolute atomic E-state index is 12.9. The second kappa shape index (κ2) is 9.23. The number of hydrogen-bond acceptors (Lipinski definition) is 4. The Labute approximate surface area is 185 Å². The molecule has 6 nitrogen and oxygen atoms in total. The van der Waals surface area contributed by atoms with E-state index >= 15 is 0 Å². The second-order valence-corrected chi connectivity index (χ2v) is 7.63. The van der Waals surface area contributed by atoms with Gasteiger partial charge in [-0.2, -0.15) is 0 Å². The number of aromatic hydroxyl groups is 1. The Morgan fingerprint density at radius 1 is 1.19 bits per heavy atom. The molecule has 1 fully saturated rings. The third-order valence-corrected chi connectivity index (χ3v) is 5.31. The predicted octanol–water partition coefficient (Wildman–Crippen LogP) is 4.52. The molecular weight excluding hydrogens is 460 g/mol. The van der Waals surface area contributed by atoms with Gasteiger partial charge in [-0.1, -0.05) is 41.4 Å². The SMILES string of the molecule is O=C(NCc1ccccc1OC(F)(F)F)C1CCCN1C(=O)c1cc(Cl)c(O)c(Cl)c1. The van der Waals surface area contributed by atoms with E-state index in [4.69, 9.17) is 23.2 Å². The lowest BCUT2D eigenvalue weighted by atomic mass is 10.1. The van der Waals surface area contributed by atoms with E-state index < -0.39 is 30.0 Å². The Hall–Kier alpha value is -2.65. The van der Waals surface area contributed by atoms with Crippen molar-refractivity contribution in [3.63, 3.8) is 0 Å². The number of nitrogens with one attached hydrogen (secondary N) is 1. The van der Waals surface area contributed by atoms with Crippen molar-refractivity contribution in [2.24, 2.45) is 0 Å². The van der Waals surface area contributed by atoms with Crippen LogP contribution in [0.25, 0.3) is 0 Å². The largest absolute Gasteiger partial charge is 0.573 e. The van der Waals surface area contributed by atoms with Crippen LogP contribution in [0, 0.1) is 0 Å². The molecule has 1 heterocycles. The van der Waals surface area contributed by atoms with E-state index in [1.54, 1.807) is 0 Å². The first kappa shape index (κ1) is 23.0. The van der Waals surface area contributed by atoms with Crippen molar-refractivity contribution in [2.45, 2.75) is 31.8 Å². The summed E-state index contributed by atoms with van der Waals surface area (Å²) in [4.78, 5) is 26.9. The molecule has 0 radical (unpaired) electrons. The van der Waals surface area contributed by atoms with E-state index in [9.17, 15) is 27.9 Å². The van der Waals surface area contributed by atoms with Crippen molar-refractivity contribution in [3.8, 4) is 11.5 Å². The molecule has 3 rings (SSSR count). The highest BCUT2D eigenvalue weighted by molar-refractivity contribution is 6.37. The lowest BCUT2D eigenvalue weighted by Gasteiger charge is -2.24. The Morgan fingerprint density at radius 3 is 2.48 bits per heavy atom. The fraction of sp³-hybridized carbons (Fsp3) is 0.300. The smallest absolute Gasteiger partial charge is 0.505 e. The number of halogens is 5. The van der Waals surface area contributed by atoms with Crippen LogP contribution in [-0.4, -0.2) is 40.8 Å². The normalized spacial score (nSPS) is 16.3. The fourth-order valence-electron chi connectivity index (χ4n) is 3.31. The number of phenolic OH excluding ortho intramolecular Hbond substituents is 1. The summed E-state index contributed by atoms with van der Waals surface area (Å²) in [5.74, 6) is -1.77. The van der Waals surface area contributed by atoms with Crippen LogP contribution in [-0.2, 0) is 11.3 Å². The van der Waals surface area contributed by atoms with E-state index in [0.29, 0.717) is 19.4 Å². The Bertz CT molecular complexity index is 978. The third kappa shape index (κ3) is 5.54. The van der Waals surface area contributed by atoms with Gasteiger partial charge in [0.2, 0.25) is 5.91 Å². The molecule has 0 aliphatic carbocycles. The molecule has 0 bridgehead atoms. The molecule has 2 amide bonds. The molecular formula is C20H17Cl2F3N2O4. The fourth-order valence-corrected chi connectivity index (χ4v) is 3.80. The summed E-state index contributed by atoms with van der Waals surface area (Å²) in [7, 11) is 0. The zero-order valence-electron chi connectivity index (χ0n) is 15.9. The minimum atomic E-state index is -4.86. The Balaban J connectivity index is 1.70. The highest BCUT2D eigenvalue weighted by atomic mass is 35.5. The molecule has 2 aromatic carbocycles. The molecule has 2 N–H and O–H groups in total. The third-order valence-electron chi connectivity index (χ3n) is 4.73. The van der Waals surface area contributed by atoms with E-state index in [2.05, 4.69) is 10.1 Å². The first-order valence-corrected chi connectivity index (χ1v) is 9.93. The molecule has 0 aromatic heterocycles. The van der Waals surface area contributed by atoms with Crippen molar-refractivity contribution in [1.82, 2.24) is 10.2 Å². The zero-order chi connectivity index (χ0) is 22.8. The van der Waals surface area contributed by atoms with Crippen LogP contribution >= 0.6 is 23.2 Å². The summed E-state index contributed by atoms with van der Waals surface area (Å²) in [5.41, 5.74) is 0.248. The van der Waals surface area contributed by atoms with E-state index in [1.807, 2.05) is 0 Å². The summed E-state index contributed by atoms with van der Waals surface area (Å²) < 4.78 is 41.7. The Morgan fingerprint density at radius 2 is 1.84 bits per heavy atom. The molecule has 1 aliphatic heterocycles. The first-order chi connectivity index (χ1) is 14.6. The van der Waals surface area contributed by atoms with E-state index in [1.165, 1.54) is 35.2 Å². The quantitative estimate of drug-likeness (QED) is 0.664. The van der Waals surface area contributed by atoms with Gasteiger partial charge in [0.05, 0.1) is 10.0 Å². The van der Waals surface area contributed by atoms with Crippen LogP contribution in [0.3, 0.4) is 0 Å². The molecule has 0 saturated carbocycles. The van der Waals surface area contributed by atoms with Gasteiger partial charge < -0.3 is 20.1 Å². The molecule has 2 aromatic rings. The molecule has 1 saturated heterocycles. The van der Waals surface area contributed by atoms with Gasteiger partial charge in [0, 0.05) is 24.2 Å². The van der Waals surface area contributed by atoms with Crippen LogP contribution in [0.5, 0.6) is 11.5 Å². The molecule has 1 atom stereocenters. The number of rotatable bonds is 5. The van der Waals surface area contributed by atoms with Crippen molar-refractivity contribution >= 4 is 35.0 Å². The average Bonchev–Trinajstić information content (AvgIpc) is 3.19. The lowest BCUT2D eigenvalue weighted by Crippen LogP contribution is -2.45. The van der Waals surface area contributed by atoms with Gasteiger partial charge in [-0.05, 0) is 31.0 Å². The van der Waals surface area contributed by atoms with Crippen molar-refractivity contribution in [2.75, 3.05) is 6.54 Å². The minimum absolute atomic E-state index is 0.0997. The number of likely N-dealkylation sites (tertiary alicyclic amines) is 1. The highest BCUT2D eigenvalue weighted by Gasteiger charge is 2.35. The number of alkyl halides is 3. The van der Waals surface area contributed by atoms with Gasteiger partial charge in [0.15, 0.2) is 5.75 Å². The zero-order valence-corrected chi connectivity index (χ0v) is 17.4. The van der Waals surface area contributed by atoms with E-state index in [-0.39, 0.29) is 33.5 Å². The van der Waals surface area contributed by atoms with Crippen LogP contribution < -0.4 is 10.1 Å². The van der Waals surface area contributed by atoms with Gasteiger partial charge in [-0.25, -0.2) is 0 Å². The monoisotopic (exact) mass is 476 g/mol. The standard InChI is InChI=1S/C20H17Cl2F3N2O4/c21-13-8-12(9-14(22)17(13)28)19(30)27-7-3-5-15(27)18(29)26-10-11-4-1-2-6-16(11)31-20(23,24)25/h1-2,4,6,8-9,15,28H,3,5,7,10H2,(H,26,29). The average molecular weight is 477 g/mol. The van der Waals surface area contributed by atoms with Gasteiger partial charge in [-0.3, -0.25) is 9.59 Å². The molecule has 1 unspecified atom stereocenters. The van der Waals surface area contributed by atoms with Crippen molar-refractivity contribution in [1.29, 1.82) is 0 Å². The van der Waals surface area contributed by atoms with Crippen molar-refractivity contribution in [3.05, 3.63) is 57.6 Å². The Kier molecular flexibility index (Phi) is 6.86. The maximum atomic E-state index is 12.9. The lowest BCUT2D eigenvalue weighted by molar-refractivity contribution is -0.274. The number of benzene rings is 2. The van der Waals surface area contributed by atoms with Gasteiger partial charge in [-0.15, -0.1) is 13.2 Å². The summed E-state index contributed by atoms with van der Waals surface area (Å²) in [6.07, 6.45) is -3.91. The number of carbonyl (C=O) groups is 2. The first-order valence-electron chi connectivity index (χ1n) is 9.17. The van der Waals surface area contributed by atoms with Crippen molar-refractivity contribution < 1.29 is 32.6 Å². The van der Waals surface area contributed by atoms with Crippen LogP contribution in [0.2, 0.25) is 10.0 Å². The molecule has 166 valence electrons. The molecule has 11 heteroatoms. The molecule has 31 heavy (non-hydrogen) atoms. The molecule has 1 aliphatic rings. The number of phenols is 1. The van der Waals surface area contributed by atoms with E-state index in [0.717, 1.165) is 6.07 Å². The summed E-state index contributed by atoms with van der Waals surface area (Å²) in [6, 6.07) is 7.16. The summed E-state index contributed by atoms with van der Waals surface area (Å²) >= 11 is 11.7. The van der Waals surface area contributed by atoms with Crippen LogP contribution in [0.4, 0.5) is 13.2 Å². The topological polar surface area (TPSA) is 78.9 Å². The van der Waals surface area contributed by atoms with Gasteiger partial charge >= 0.3 is 6.36 Å². The predicted molar refractivity (Wildman–Crippen MR) is 107 cm³/mol. The van der Waals surface area contributed by atoms with Gasteiger partial charge in [0.1, 0.15) is 11.8 Å². The molecule has 0 spiro atoms. The number of hydrogen-bond donors (Lipinski definition) is 2. The van der Waals surface area contributed by atoms with Crippen LogP contribution in [0.15, 0.2) is 36.4 Å². The maximum Gasteiger partial charge on any atom is 0.573 e. The number of carbonyl (C=O) groups excluding carboxylic acids is 2. The number of nitrogens with zero attached hydrogens (tertiary/aromatic N) is 1. The second-order valence-electron chi connectivity index (χ2n) is 6.82.